The van der Waals surface area contributed by atoms with Crippen molar-refractivity contribution in [2.45, 2.75) is 0 Å². The number of alkyl halides is 1. The highest BCUT2D eigenvalue weighted by Crippen LogP contribution is 2.03. The number of aliphatic hydroxyl groups excluding tert-OH is 1. The molecule has 112 valence electrons. The first-order valence-corrected chi connectivity index (χ1v) is 7.51. The summed E-state index contributed by atoms with van der Waals surface area (Å²) < 4.78 is 0. The molecule has 0 spiro atoms. The maximum Gasteiger partial charge on any atom is 0.219 e. The molecule has 0 atom stereocenters. The minimum absolute atomic E-state index is 0.103. The molecule has 1 aromatic rings. The summed E-state index contributed by atoms with van der Waals surface area (Å²) in [6.07, 6.45) is 5.07. The van der Waals surface area contributed by atoms with Gasteiger partial charge in [0.05, 0.1) is 17.9 Å². The number of rotatable bonds is 6. The lowest BCUT2D eigenvalue weighted by Gasteiger charge is -2.04. The SMILES string of the molecule is CN(C)C/C=C(\C#N)C(=O)c1cc(=C/CO)/c(=C\CBr)[nH]1. The van der Waals surface area contributed by atoms with Crippen molar-refractivity contribution in [2.75, 3.05) is 32.6 Å². The van der Waals surface area contributed by atoms with Gasteiger partial charge in [-0.3, -0.25) is 4.79 Å². The molecule has 0 saturated heterocycles. The standard InChI is InChI=1S/C15H18BrN3O2/c1-19(2)7-4-12(10-17)15(21)14-9-11(5-8-20)13(18-14)3-6-16/h3-5,9,18,20H,6-8H2,1-2H3/b11-5-,12-4+,13-3+. The number of likely N-dealkylation sites (N-methyl/N-ethyl adjacent to an activating group) is 1. The number of aromatic amines is 1. The minimum atomic E-state index is -0.346. The lowest BCUT2D eigenvalue weighted by atomic mass is 10.1. The van der Waals surface area contributed by atoms with Gasteiger partial charge in [0.2, 0.25) is 5.78 Å². The third-order valence-corrected chi connectivity index (χ3v) is 3.07. The summed E-state index contributed by atoms with van der Waals surface area (Å²) in [5, 5.41) is 20.2. The van der Waals surface area contributed by atoms with Gasteiger partial charge in [0.1, 0.15) is 6.07 Å². The number of carbonyl (C=O) groups excluding carboxylic acids is 1. The van der Waals surface area contributed by atoms with E-state index in [2.05, 4.69) is 20.9 Å². The fourth-order valence-electron chi connectivity index (χ4n) is 1.73. The van der Waals surface area contributed by atoms with Gasteiger partial charge in [0.25, 0.3) is 0 Å². The summed E-state index contributed by atoms with van der Waals surface area (Å²) >= 11 is 3.29. The van der Waals surface area contributed by atoms with E-state index in [4.69, 9.17) is 10.4 Å². The van der Waals surface area contributed by atoms with Crippen molar-refractivity contribution in [2.24, 2.45) is 0 Å². The quantitative estimate of drug-likeness (QED) is 0.331. The summed E-state index contributed by atoms with van der Waals surface area (Å²) in [7, 11) is 3.73. The van der Waals surface area contributed by atoms with Crippen molar-refractivity contribution in [3.63, 3.8) is 0 Å². The van der Waals surface area contributed by atoms with E-state index in [0.717, 1.165) is 10.6 Å². The molecule has 0 aliphatic heterocycles. The van der Waals surface area contributed by atoms with Gasteiger partial charge >= 0.3 is 0 Å². The number of nitrogens with one attached hydrogen (secondary N) is 1. The lowest BCUT2D eigenvalue weighted by molar-refractivity contribution is 0.103. The highest BCUT2D eigenvalue weighted by Gasteiger charge is 2.13. The van der Waals surface area contributed by atoms with Gasteiger partial charge < -0.3 is 15.0 Å². The molecule has 1 aromatic heterocycles. The third-order valence-electron chi connectivity index (χ3n) is 2.74. The van der Waals surface area contributed by atoms with Crippen LogP contribution in [0.5, 0.6) is 0 Å². The Morgan fingerprint density at radius 3 is 2.76 bits per heavy atom. The van der Waals surface area contributed by atoms with Gasteiger partial charge in [-0.25, -0.2) is 0 Å². The van der Waals surface area contributed by atoms with Crippen molar-refractivity contribution in [3.05, 3.63) is 34.0 Å². The Balaban J connectivity index is 3.22. The fraction of sp³-hybridized carbons (Fsp3) is 0.333. The zero-order chi connectivity index (χ0) is 15.8. The topological polar surface area (TPSA) is 80.1 Å². The smallest absolute Gasteiger partial charge is 0.219 e. The van der Waals surface area contributed by atoms with Gasteiger partial charge in [-0.05, 0) is 43.6 Å². The van der Waals surface area contributed by atoms with Crippen LogP contribution in [-0.4, -0.2) is 53.4 Å². The first-order chi connectivity index (χ1) is 10.0. The normalized spacial score (nSPS) is 13.8. The molecule has 0 unspecified atom stereocenters. The van der Waals surface area contributed by atoms with E-state index in [0.29, 0.717) is 17.6 Å². The van der Waals surface area contributed by atoms with Crippen LogP contribution in [-0.2, 0) is 0 Å². The van der Waals surface area contributed by atoms with Gasteiger partial charge in [0, 0.05) is 17.2 Å². The second kappa shape index (κ2) is 8.57. The molecule has 1 heterocycles. The highest BCUT2D eigenvalue weighted by molar-refractivity contribution is 9.09. The molecule has 2 N–H and O–H groups in total. The average molecular weight is 352 g/mol. The van der Waals surface area contributed by atoms with Crippen molar-refractivity contribution in [1.29, 1.82) is 5.26 Å². The van der Waals surface area contributed by atoms with Crippen LogP contribution in [0.4, 0.5) is 0 Å². The summed E-state index contributed by atoms with van der Waals surface area (Å²) in [5.41, 5.74) is 0.444. The molecule has 6 heteroatoms. The van der Waals surface area contributed by atoms with Crippen LogP contribution in [0.3, 0.4) is 0 Å². The molecule has 0 amide bonds. The van der Waals surface area contributed by atoms with Crippen LogP contribution in [0, 0.1) is 11.3 Å². The van der Waals surface area contributed by atoms with Gasteiger partial charge in [-0.15, -0.1) is 0 Å². The average Bonchev–Trinajstić information content (AvgIpc) is 2.83. The van der Waals surface area contributed by atoms with E-state index in [1.54, 1.807) is 18.2 Å². The molecule has 0 saturated carbocycles. The van der Waals surface area contributed by atoms with Crippen molar-refractivity contribution >= 4 is 33.9 Å². The number of halogens is 1. The van der Waals surface area contributed by atoms with Crippen molar-refractivity contribution in [1.82, 2.24) is 9.88 Å². The van der Waals surface area contributed by atoms with Gasteiger partial charge in [0.15, 0.2) is 0 Å². The van der Waals surface area contributed by atoms with Crippen LogP contribution in [0.15, 0.2) is 17.7 Å². The first-order valence-electron chi connectivity index (χ1n) is 6.39. The van der Waals surface area contributed by atoms with Crippen LogP contribution in [0.2, 0.25) is 0 Å². The number of nitriles is 1. The summed E-state index contributed by atoms with van der Waals surface area (Å²) in [4.78, 5) is 17.2. The molecule has 21 heavy (non-hydrogen) atoms. The van der Waals surface area contributed by atoms with Gasteiger partial charge in [-0.2, -0.15) is 5.26 Å². The second-order valence-electron chi connectivity index (χ2n) is 4.62. The molecule has 0 aromatic carbocycles. The lowest BCUT2D eigenvalue weighted by Crippen LogP contribution is -2.22. The summed E-state index contributed by atoms with van der Waals surface area (Å²) in [5.74, 6) is -0.346. The molecule has 5 nitrogen and oxygen atoms in total. The molecular formula is C15H18BrN3O2. The number of ketones is 1. The first kappa shape index (κ1) is 17.4. The number of nitrogens with zero attached hydrogens (tertiary/aromatic N) is 2. The minimum Gasteiger partial charge on any atom is -0.392 e. The number of H-pyrrole nitrogens is 1. The van der Waals surface area contributed by atoms with E-state index < -0.39 is 0 Å². The predicted octanol–water partition coefficient (Wildman–Crippen LogP) is 0.157. The largest absolute Gasteiger partial charge is 0.392 e. The van der Waals surface area contributed by atoms with Crippen LogP contribution in [0.25, 0.3) is 12.2 Å². The zero-order valence-electron chi connectivity index (χ0n) is 12.1. The second-order valence-corrected chi connectivity index (χ2v) is 5.27. The molecular weight excluding hydrogens is 334 g/mol. The highest BCUT2D eigenvalue weighted by atomic mass is 79.9. The molecule has 0 radical (unpaired) electrons. The van der Waals surface area contributed by atoms with E-state index in [1.807, 2.05) is 31.1 Å². The Labute approximate surface area is 132 Å². The Morgan fingerprint density at radius 2 is 2.24 bits per heavy atom. The van der Waals surface area contributed by atoms with E-state index in [1.165, 1.54) is 0 Å². The molecule has 0 aliphatic rings. The number of Topliss-reactive ketones (excluding diaryl/α,β-unsaturated/α-hetero) is 1. The number of carbonyl (C=O) groups is 1. The van der Waals surface area contributed by atoms with Crippen LogP contribution < -0.4 is 10.6 Å². The van der Waals surface area contributed by atoms with Crippen molar-refractivity contribution in [3.8, 4) is 6.07 Å². The van der Waals surface area contributed by atoms with Crippen molar-refractivity contribution < 1.29 is 9.90 Å². The molecule has 0 aliphatic carbocycles. The Hall–Kier alpha value is -1.68. The fourth-order valence-corrected chi connectivity index (χ4v) is 2.05. The molecule has 1 rings (SSSR count). The third kappa shape index (κ3) is 4.97. The number of hydrogen-bond acceptors (Lipinski definition) is 4. The Bertz CT molecular complexity index is 647. The van der Waals surface area contributed by atoms with Gasteiger partial charge in [-0.1, -0.05) is 15.9 Å². The summed E-state index contributed by atoms with van der Waals surface area (Å²) in [6, 6.07) is 3.58. The maximum atomic E-state index is 12.3. The van der Waals surface area contributed by atoms with E-state index >= 15 is 0 Å². The number of allylic oxidation sites excluding steroid dienone is 1. The number of aromatic nitrogens is 1. The number of hydrogen-bond donors (Lipinski definition) is 2. The van der Waals surface area contributed by atoms with Crippen LogP contribution in [0.1, 0.15) is 10.5 Å². The number of aliphatic hydroxyl groups is 1. The predicted molar refractivity (Wildman–Crippen MR) is 86.4 cm³/mol. The molecule has 0 bridgehead atoms. The Kier molecular flexibility index (Phi) is 7.09. The summed E-state index contributed by atoms with van der Waals surface area (Å²) in [6.45, 7) is 0.404. The van der Waals surface area contributed by atoms with Crippen LogP contribution >= 0.6 is 15.9 Å². The monoisotopic (exact) mass is 351 g/mol. The zero-order valence-corrected chi connectivity index (χ0v) is 13.6. The van der Waals surface area contributed by atoms with E-state index in [9.17, 15) is 4.79 Å². The maximum absolute atomic E-state index is 12.3. The van der Waals surface area contributed by atoms with E-state index in [-0.39, 0.29) is 18.0 Å². The Morgan fingerprint density at radius 1 is 1.52 bits per heavy atom. The molecule has 0 fully saturated rings.